The molecule has 3 aromatic rings. The maximum atomic E-state index is 12.2. The molecule has 1 heterocycles. The Kier molecular flexibility index (Phi) is 6.34. The molecule has 0 amide bonds. The number of anilines is 1. The van der Waals surface area contributed by atoms with E-state index in [9.17, 15) is 9.59 Å². The standard InChI is InChI=1S/C23H24N2O4/c1-4-28-22(26)15-19(23(27)29-5-2)24-18-11-12-20-17(13-18)14-21(25(20)3)16-9-7-6-8-10-16/h6-15,24H,4-5H2,1-3H3/b19-15+. The van der Waals surface area contributed by atoms with Gasteiger partial charge in [-0.2, -0.15) is 0 Å². The summed E-state index contributed by atoms with van der Waals surface area (Å²) in [5.74, 6) is -1.21. The summed E-state index contributed by atoms with van der Waals surface area (Å²) in [6, 6.07) is 18.0. The Labute approximate surface area is 169 Å². The summed E-state index contributed by atoms with van der Waals surface area (Å²) in [6.45, 7) is 3.85. The van der Waals surface area contributed by atoms with E-state index in [4.69, 9.17) is 9.47 Å². The van der Waals surface area contributed by atoms with Crippen molar-refractivity contribution in [1.29, 1.82) is 0 Å². The highest BCUT2D eigenvalue weighted by Crippen LogP contribution is 2.29. The van der Waals surface area contributed by atoms with Crippen molar-refractivity contribution in [2.45, 2.75) is 13.8 Å². The van der Waals surface area contributed by atoms with E-state index in [-0.39, 0.29) is 18.9 Å². The van der Waals surface area contributed by atoms with Crippen LogP contribution in [0, 0.1) is 0 Å². The first kappa shape index (κ1) is 20.2. The molecule has 0 aliphatic heterocycles. The molecular formula is C23H24N2O4. The summed E-state index contributed by atoms with van der Waals surface area (Å²) in [5, 5.41) is 4.00. The number of carbonyl (C=O) groups is 2. The summed E-state index contributed by atoms with van der Waals surface area (Å²) in [7, 11) is 2.02. The number of ether oxygens (including phenoxy) is 2. The molecule has 0 radical (unpaired) electrons. The van der Waals surface area contributed by atoms with Crippen LogP contribution in [0.2, 0.25) is 0 Å². The highest BCUT2D eigenvalue weighted by molar-refractivity contribution is 5.99. The van der Waals surface area contributed by atoms with E-state index in [0.717, 1.165) is 28.2 Å². The van der Waals surface area contributed by atoms with Gasteiger partial charge in [-0.1, -0.05) is 30.3 Å². The Balaban J connectivity index is 1.94. The molecule has 6 nitrogen and oxygen atoms in total. The van der Waals surface area contributed by atoms with Crippen molar-refractivity contribution in [3.8, 4) is 11.3 Å². The predicted octanol–water partition coefficient (Wildman–Crippen LogP) is 4.27. The van der Waals surface area contributed by atoms with Crippen molar-refractivity contribution >= 4 is 28.5 Å². The highest BCUT2D eigenvalue weighted by atomic mass is 16.5. The number of rotatable bonds is 7. The molecular weight excluding hydrogens is 368 g/mol. The molecule has 2 aromatic carbocycles. The van der Waals surface area contributed by atoms with Crippen LogP contribution in [0.25, 0.3) is 22.2 Å². The average Bonchev–Trinajstić information content (AvgIpc) is 3.04. The van der Waals surface area contributed by atoms with Crippen molar-refractivity contribution in [3.05, 3.63) is 66.4 Å². The first-order valence-corrected chi connectivity index (χ1v) is 9.51. The third-order valence-electron chi connectivity index (χ3n) is 4.44. The lowest BCUT2D eigenvalue weighted by molar-refractivity contribution is -0.140. The molecule has 0 unspecified atom stereocenters. The number of aryl methyl sites for hydroxylation is 1. The number of esters is 2. The largest absolute Gasteiger partial charge is 0.463 e. The number of nitrogens with one attached hydrogen (secondary N) is 1. The molecule has 0 fully saturated rings. The number of carbonyl (C=O) groups excluding carboxylic acids is 2. The minimum atomic E-state index is -0.612. The van der Waals surface area contributed by atoms with E-state index >= 15 is 0 Å². The maximum absolute atomic E-state index is 12.2. The number of nitrogens with zero attached hydrogens (tertiary/aromatic N) is 1. The first-order chi connectivity index (χ1) is 14.0. The molecule has 0 aliphatic carbocycles. The van der Waals surface area contributed by atoms with Crippen molar-refractivity contribution < 1.29 is 19.1 Å². The average molecular weight is 392 g/mol. The molecule has 0 bridgehead atoms. The topological polar surface area (TPSA) is 69.6 Å². The zero-order chi connectivity index (χ0) is 20.8. The number of benzene rings is 2. The molecule has 150 valence electrons. The summed E-state index contributed by atoms with van der Waals surface area (Å²) in [6.07, 6.45) is 1.12. The number of fused-ring (bicyclic) bond motifs is 1. The summed E-state index contributed by atoms with van der Waals surface area (Å²) in [4.78, 5) is 24.0. The lowest BCUT2D eigenvalue weighted by Gasteiger charge is -2.10. The normalized spacial score (nSPS) is 11.3. The molecule has 0 saturated carbocycles. The Bertz CT molecular complexity index is 1050. The van der Waals surface area contributed by atoms with Crippen LogP contribution in [-0.2, 0) is 26.1 Å². The second kappa shape index (κ2) is 9.10. The van der Waals surface area contributed by atoms with Gasteiger partial charge in [0.1, 0.15) is 5.70 Å². The van der Waals surface area contributed by atoms with Crippen LogP contribution >= 0.6 is 0 Å². The van der Waals surface area contributed by atoms with Crippen LogP contribution in [0.4, 0.5) is 5.69 Å². The summed E-state index contributed by atoms with van der Waals surface area (Å²) >= 11 is 0. The SMILES string of the molecule is CCOC(=O)/C=C(/Nc1ccc2c(c1)cc(-c1ccccc1)n2C)C(=O)OCC. The molecule has 1 aromatic heterocycles. The highest BCUT2D eigenvalue weighted by Gasteiger charge is 2.15. The van der Waals surface area contributed by atoms with Gasteiger partial charge in [0.15, 0.2) is 0 Å². The monoisotopic (exact) mass is 392 g/mol. The Hall–Kier alpha value is -3.54. The number of aromatic nitrogens is 1. The third kappa shape index (κ3) is 4.66. The maximum Gasteiger partial charge on any atom is 0.355 e. The molecule has 0 saturated heterocycles. The van der Waals surface area contributed by atoms with Crippen molar-refractivity contribution in [3.63, 3.8) is 0 Å². The third-order valence-corrected chi connectivity index (χ3v) is 4.44. The van der Waals surface area contributed by atoms with Gasteiger partial charge in [0.05, 0.1) is 19.3 Å². The molecule has 1 N–H and O–H groups in total. The Morgan fingerprint density at radius 1 is 1.00 bits per heavy atom. The Morgan fingerprint density at radius 3 is 2.41 bits per heavy atom. The second-order valence-corrected chi connectivity index (χ2v) is 6.38. The van der Waals surface area contributed by atoms with Crippen molar-refractivity contribution in [2.24, 2.45) is 7.05 Å². The lowest BCUT2D eigenvalue weighted by atomic mass is 10.1. The van der Waals surface area contributed by atoms with E-state index in [2.05, 4.69) is 28.1 Å². The van der Waals surface area contributed by atoms with E-state index in [1.807, 2.05) is 43.4 Å². The van der Waals surface area contributed by atoms with E-state index < -0.39 is 11.9 Å². The van der Waals surface area contributed by atoms with Gasteiger partial charge >= 0.3 is 11.9 Å². The number of hydrogen-bond acceptors (Lipinski definition) is 5. The van der Waals surface area contributed by atoms with Gasteiger partial charge in [-0.15, -0.1) is 0 Å². The zero-order valence-electron chi connectivity index (χ0n) is 16.8. The van der Waals surface area contributed by atoms with Crippen LogP contribution in [0.3, 0.4) is 0 Å². The van der Waals surface area contributed by atoms with Gasteiger partial charge in [-0.3, -0.25) is 0 Å². The predicted molar refractivity (Wildman–Crippen MR) is 113 cm³/mol. The van der Waals surface area contributed by atoms with Crippen LogP contribution in [0.1, 0.15) is 13.8 Å². The van der Waals surface area contributed by atoms with Crippen molar-refractivity contribution in [2.75, 3.05) is 18.5 Å². The van der Waals surface area contributed by atoms with Gasteiger partial charge in [-0.05, 0) is 43.7 Å². The Morgan fingerprint density at radius 2 is 1.72 bits per heavy atom. The van der Waals surface area contributed by atoms with Crippen LogP contribution in [0.5, 0.6) is 0 Å². The molecule has 3 rings (SSSR count). The van der Waals surface area contributed by atoms with Gasteiger partial charge in [0.25, 0.3) is 0 Å². The number of hydrogen-bond donors (Lipinski definition) is 1. The minimum absolute atomic E-state index is 0.0314. The fourth-order valence-corrected chi connectivity index (χ4v) is 3.13. The van der Waals surface area contributed by atoms with E-state index in [1.165, 1.54) is 0 Å². The zero-order valence-corrected chi connectivity index (χ0v) is 16.8. The van der Waals surface area contributed by atoms with Gasteiger partial charge in [0, 0.05) is 29.3 Å². The van der Waals surface area contributed by atoms with Crippen LogP contribution in [0.15, 0.2) is 66.4 Å². The van der Waals surface area contributed by atoms with Gasteiger partial charge in [0.2, 0.25) is 0 Å². The summed E-state index contributed by atoms with van der Waals surface area (Å²) in [5.41, 5.74) is 3.97. The fraction of sp³-hybridized carbons (Fsp3) is 0.217. The van der Waals surface area contributed by atoms with Crippen LogP contribution < -0.4 is 5.32 Å². The van der Waals surface area contributed by atoms with Gasteiger partial charge < -0.3 is 19.4 Å². The summed E-state index contributed by atoms with van der Waals surface area (Å²) < 4.78 is 12.1. The molecule has 29 heavy (non-hydrogen) atoms. The smallest absolute Gasteiger partial charge is 0.355 e. The first-order valence-electron chi connectivity index (χ1n) is 9.51. The molecule has 0 atom stereocenters. The molecule has 6 heteroatoms. The fourth-order valence-electron chi connectivity index (χ4n) is 3.13. The molecule has 0 aliphatic rings. The van der Waals surface area contributed by atoms with E-state index in [1.54, 1.807) is 13.8 Å². The minimum Gasteiger partial charge on any atom is -0.463 e. The lowest BCUT2D eigenvalue weighted by Crippen LogP contribution is -2.17. The van der Waals surface area contributed by atoms with Crippen LogP contribution in [-0.4, -0.2) is 29.7 Å². The molecule has 0 spiro atoms. The van der Waals surface area contributed by atoms with Crippen molar-refractivity contribution in [1.82, 2.24) is 4.57 Å². The van der Waals surface area contributed by atoms with E-state index in [0.29, 0.717) is 5.69 Å². The van der Waals surface area contributed by atoms with Gasteiger partial charge in [-0.25, -0.2) is 9.59 Å². The quantitative estimate of drug-likeness (QED) is 0.480. The second-order valence-electron chi connectivity index (χ2n) is 6.38.